The number of hydrogen-bond donors (Lipinski definition) is 1. The second-order valence-electron chi connectivity index (χ2n) is 6.31. The highest BCUT2D eigenvalue weighted by Crippen LogP contribution is 2.36. The minimum absolute atomic E-state index is 0.218. The summed E-state index contributed by atoms with van der Waals surface area (Å²) in [5.74, 6) is -1.01. The van der Waals surface area contributed by atoms with E-state index in [-0.39, 0.29) is 5.56 Å². The maximum atomic E-state index is 14.3. The van der Waals surface area contributed by atoms with Gasteiger partial charge in [-0.25, -0.2) is 9.18 Å². The highest BCUT2D eigenvalue weighted by molar-refractivity contribution is 5.88. The zero-order chi connectivity index (χ0) is 14.8. The Kier molecular flexibility index (Phi) is 4.24. The number of aromatic carboxylic acids is 1. The fourth-order valence-corrected chi connectivity index (χ4v) is 4.01. The predicted octanol–water partition coefficient (Wildman–Crippen LogP) is 3.68. The monoisotopic (exact) mass is 291 g/mol. The average Bonchev–Trinajstić information content (AvgIpc) is 2.49. The fraction of sp³-hybridized carbons (Fsp3) is 0.588. The number of carbonyl (C=O) groups is 1. The van der Waals surface area contributed by atoms with Gasteiger partial charge in [-0.1, -0.05) is 25.0 Å². The molecule has 0 bridgehead atoms. The van der Waals surface area contributed by atoms with E-state index in [0.29, 0.717) is 18.2 Å². The van der Waals surface area contributed by atoms with E-state index in [1.807, 2.05) is 0 Å². The number of benzene rings is 1. The maximum Gasteiger partial charge on any atom is 0.338 e. The van der Waals surface area contributed by atoms with Crippen molar-refractivity contribution in [2.45, 2.75) is 51.1 Å². The first-order valence-electron chi connectivity index (χ1n) is 7.91. The summed E-state index contributed by atoms with van der Waals surface area (Å²) in [4.78, 5) is 13.4. The van der Waals surface area contributed by atoms with E-state index in [9.17, 15) is 9.18 Å². The molecule has 2 atom stereocenters. The number of likely N-dealkylation sites (tertiary alicyclic amines) is 1. The van der Waals surface area contributed by atoms with Crippen molar-refractivity contribution < 1.29 is 14.3 Å². The number of nitrogens with zero attached hydrogens (tertiary/aromatic N) is 1. The van der Waals surface area contributed by atoms with Crippen LogP contribution in [0.2, 0.25) is 0 Å². The van der Waals surface area contributed by atoms with Crippen LogP contribution in [0.4, 0.5) is 4.39 Å². The van der Waals surface area contributed by atoms with Gasteiger partial charge in [0.25, 0.3) is 0 Å². The molecule has 0 aromatic heterocycles. The summed E-state index contributed by atoms with van der Waals surface area (Å²) in [7, 11) is 0. The molecule has 1 saturated carbocycles. The highest BCUT2D eigenvalue weighted by atomic mass is 19.1. The summed E-state index contributed by atoms with van der Waals surface area (Å²) in [6.45, 7) is 1.53. The van der Waals surface area contributed by atoms with E-state index in [1.54, 1.807) is 12.1 Å². The average molecular weight is 291 g/mol. The molecule has 3 rings (SSSR count). The molecule has 1 saturated heterocycles. The van der Waals surface area contributed by atoms with Gasteiger partial charge in [-0.2, -0.15) is 0 Å². The maximum absolute atomic E-state index is 14.3. The van der Waals surface area contributed by atoms with Crippen molar-refractivity contribution in [3.63, 3.8) is 0 Å². The first kappa shape index (κ1) is 14.5. The number of piperidine rings is 1. The van der Waals surface area contributed by atoms with Crippen LogP contribution in [0.3, 0.4) is 0 Å². The normalized spacial score (nSPS) is 26.3. The number of rotatable bonds is 3. The van der Waals surface area contributed by atoms with Gasteiger partial charge in [0.15, 0.2) is 0 Å². The Labute approximate surface area is 124 Å². The third kappa shape index (κ3) is 2.95. The topological polar surface area (TPSA) is 40.5 Å². The van der Waals surface area contributed by atoms with Crippen LogP contribution in [0.1, 0.15) is 54.4 Å². The first-order valence-corrected chi connectivity index (χ1v) is 7.91. The van der Waals surface area contributed by atoms with E-state index < -0.39 is 11.8 Å². The van der Waals surface area contributed by atoms with Crippen LogP contribution in [0.15, 0.2) is 18.2 Å². The van der Waals surface area contributed by atoms with E-state index >= 15 is 0 Å². The molecule has 2 fully saturated rings. The zero-order valence-corrected chi connectivity index (χ0v) is 12.2. The van der Waals surface area contributed by atoms with Crippen LogP contribution < -0.4 is 0 Å². The standard InChI is InChI=1S/C17H22FNO2/c18-16-13(6-3-8-14(16)17(20)21)11-19-10-4-7-12-5-1-2-9-15(12)19/h3,6,8,12,15H,1-2,4-5,7,9-11H2,(H,20,21). The van der Waals surface area contributed by atoms with Gasteiger partial charge >= 0.3 is 5.97 Å². The van der Waals surface area contributed by atoms with E-state index in [1.165, 1.54) is 44.6 Å². The molecular formula is C17H22FNO2. The smallest absolute Gasteiger partial charge is 0.338 e. The van der Waals surface area contributed by atoms with Crippen LogP contribution in [0.5, 0.6) is 0 Å². The van der Waals surface area contributed by atoms with Gasteiger partial charge in [0.1, 0.15) is 5.82 Å². The summed E-state index contributed by atoms with van der Waals surface area (Å²) < 4.78 is 14.3. The number of halogens is 1. The number of carboxylic acid groups (broad SMARTS) is 1. The summed E-state index contributed by atoms with van der Waals surface area (Å²) in [6.07, 6.45) is 7.52. The third-order valence-corrected chi connectivity index (χ3v) is 5.04. The van der Waals surface area contributed by atoms with Crippen molar-refractivity contribution in [2.24, 2.45) is 5.92 Å². The molecule has 2 aliphatic rings. The Hall–Kier alpha value is -1.42. The van der Waals surface area contributed by atoms with Gasteiger partial charge in [0.2, 0.25) is 0 Å². The fourth-order valence-electron chi connectivity index (χ4n) is 4.01. The Morgan fingerprint density at radius 1 is 1.24 bits per heavy atom. The Balaban J connectivity index is 1.79. The molecule has 1 aromatic rings. The van der Waals surface area contributed by atoms with Crippen molar-refractivity contribution in [2.75, 3.05) is 6.54 Å². The van der Waals surface area contributed by atoms with Crippen LogP contribution in [0.25, 0.3) is 0 Å². The van der Waals surface area contributed by atoms with Gasteiger partial charge < -0.3 is 5.11 Å². The van der Waals surface area contributed by atoms with Gasteiger partial charge in [-0.3, -0.25) is 4.90 Å². The molecule has 4 heteroatoms. The molecule has 21 heavy (non-hydrogen) atoms. The quantitative estimate of drug-likeness (QED) is 0.923. The van der Waals surface area contributed by atoms with Crippen LogP contribution >= 0.6 is 0 Å². The first-order chi connectivity index (χ1) is 10.2. The van der Waals surface area contributed by atoms with Crippen molar-refractivity contribution in [3.05, 3.63) is 35.1 Å². The molecule has 0 amide bonds. The molecule has 0 spiro atoms. The molecule has 3 nitrogen and oxygen atoms in total. The van der Waals surface area contributed by atoms with Crippen molar-refractivity contribution in [1.82, 2.24) is 4.90 Å². The van der Waals surface area contributed by atoms with Gasteiger partial charge in [0, 0.05) is 18.2 Å². The summed E-state index contributed by atoms with van der Waals surface area (Å²) in [5.41, 5.74) is 0.297. The lowest BCUT2D eigenvalue weighted by atomic mass is 9.78. The van der Waals surface area contributed by atoms with Crippen molar-refractivity contribution >= 4 is 5.97 Å². The van der Waals surface area contributed by atoms with E-state index in [2.05, 4.69) is 4.90 Å². The second-order valence-corrected chi connectivity index (χ2v) is 6.31. The van der Waals surface area contributed by atoms with Gasteiger partial charge in [-0.05, 0) is 44.2 Å². The molecule has 0 radical (unpaired) electrons. The molecular weight excluding hydrogens is 269 g/mol. The highest BCUT2D eigenvalue weighted by Gasteiger charge is 2.33. The Morgan fingerprint density at radius 3 is 2.81 bits per heavy atom. The SMILES string of the molecule is O=C(O)c1cccc(CN2CCCC3CCCCC32)c1F. The lowest BCUT2D eigenvalue weighted by molar-refractivity contribution is 0.0536. The Bertz CT molecular complexity index is 530. The second kappa shape index (κ2) is 6.14. The minimum Gasteiger partial charge on any atom is -0.478 e. The predicted molar refractivity (Wildman–Crippen MR) is 78.7 cm³/mol. The summed E-state index contributed by atoms with van der Waals surface area (Å²) >= 11 is 0. The summed E-state index contributed by atoms with van der Waals surface area (Å²) in [5, 5.41) is 9.03. The largest absolute Gasteiger partial charge is 0.478 e. The minimum atomic E-state index is -1.19. The molecule has 1 aromatic carbocycles. The lowest BCUT2D eigenvalue weighted by Crippen LogP contribution is -2.46. The molecule has 1 N–H and O–H groups in total. The third-order valence-electron chi connectivity index (χ3n) is 5.04. The van der Waals surface area contributed by atoms with E-state index in [0.717, 1.165) is 12.5 Å². The molecule has 1 heterocycles. The van der Waals surface area contributed by atoms with Crippen LogP contribution in [0, 0.1) is 11.7 Å². The molecule has 1 aliphatic heterocycles. The summed E-state index contributed by atoms with van der Waals surface area (Å²) in [6, 6.07) is 5.25. The van der Waals surface area contributed by atoms with Crippen molar-refractivity contribution in [1.29, 1.82) is 0 Å². The number of hydrogen-bond acceptors (Lipinski definition) is 2. The van der Waals surface area contributed by atoms with Gasteiger partial charge in [-0.15, -0.1) is 0 Å². The van der Waals surface area contributed by atoms with Gasteiger partial charge in [0.05, 0.1) is 5.56 Å². The van der Waals surface area contributed by atoms with Crippen LogP contribution in [-0.4, -0.2) is 28.6 Å². The van der Waals surface area contributed by atoms with Crippen LogP contribution in [-0.2, 0) is 6.54 Å². The van der Waals surface area contributed by atoms with E-state index in [4.69, 9.17) is 5.11 Å². The lowest BCUT2D eigenvalue weighted by Gasteiger charge is -2.44. The molecule has 2 unspecified atom stereocenters. The molecule has 114 valence electrons. The number of fused-ring (bicyclic) bond motifs is 1. The molecule has 1 aliphatic carbocycles. The Morgan fingerprint density at radius 2 is 2.00 bits per heavy atom. The number of carboxylic acids is 1. The zero-order valence-electron chi connectivity index (χ0n) is 12.2. The van der Waals surface area contributed by atoms with Crippen molar-refractivity contribution in [3.8, 4) is 0 Å².